The third kappa shape index (κ3) is 3.45. The van der Waals surface area contributed by atoms with E-state index < -0.39 is 7.82 Å². The Morgan fingerprint density at radius 3 is 2.81 bits per heavy atom. The van der Waals surface area contributed by atoms with Gasteiger partial charge in [0.2, 0.25) is 0 Å². The molecule has 2 heterocycles. The van der Waals surface area contributed by atoms with Crippen molar-refractivity contribution in [2.24, 2.45) is 0 Å². The molecule has 0 amide bonds. The molecule has 1 aromatic heterocycles. The molecule has 0 spiro atoms. The van der Waals surface area contributed by atoms with E-state index >= 15 is 0 Å². The number of phosphoric acid groups is 1. The molecule has 112 valence electrons. The van der Waals surface area contributed by atoms with E-state index in [-0.39, 0.29) is 0 Å². The summed E-state index contributed by atoms with van der Waals surface area (Å²) in [5.41, 5.74) is 1.80. The maximum Gasteiger partial charge on any atom is 0.486 e. The minimum atomic E-state index is -4.49. The lowest BCUT2D eigenvalue weighted by molar-refractivity contribution is -0.0720. The van der Waals surface area contributed by atoms with Gasteiger partial charge in [-0.25, -0.2) is 4.57 Å². The minimum Gasteiger partial charge on any atom is -0.456 e. The predicted molar refractivity (Wildman–Crippen MR) is 81.2 cm³/mol. The fourth-order valence-electron chi connectivity index (χ4n) is 2.28. The van der Waals surface area contributed by atoms with Gasteiger partial charge in [-0.3, -0.25) is 0 Å². The van der Waals surface area contributed by atoms with Crippen molar-refractivity contribution in [2.45, 2.75) is 6.42 Å². The summed E-state index contributed by atoms with van der Waals surface area (Å²) in [6.45, 7) is 0.702. The summed E-state index contributed by atoms with van der Waals surface area (Å²) in [7, 11) is -4.49. The molecule has 0 fully saturated rings. The first-order valence-corrected chi connectivity index (χ1v) is 8.62. The normalized spacial score (nSPS) is 17.2. The number of nitrogens with zero attached hydrogens (tertiary/aromatic N) is 1. The van der Waals surface area contributed by atoms with Crippen molar-refractivity contribution in [1.82, 2.24) is 5.06 Å². The molecule has 6 nitrogen and oxygen atoms in total. The molecule has 0 aliphatic carbocycles. The van der Waals surface area contributed by atoms with Crippen LogP contribution in [0.4, 0.5) is 0 Å². The highest BCUT2D eigenvalue weighted by Gasteiger charge is 2.23. The highest BCUT2D eigenvalue weighted by atomic mass is 79.9. The summed E-state index contributed by atoms with van der Waals surface area (Å²) >= 11 is 3.48. The van der Waals surface area contributed by atoms with Gasteiger partial charge < -0.3 is 14.2 Å². The lowest BCUT2D eigenvalue weighted by Crippen LogP contribution is -2.27. The van der Waals surface area contributed by atoms with Crippen LogP contribution in [0.3, 0.4) is 0 Å². The molecule has 0 bridgehead atoms. The van der Waals surface area contributed by atoms with Gasteiger partial charge in [-0.2, -0.15) is 9.69 Å². The van der Waals surface area contributed by atoms with Crippen LogP contribution < -0.4 is 0 Å². The van der Waals surface area contributed by atoms with Crippen LogP contribution in [0.2, 0.25) is 0 Å². The van der Waals surface area contributed by atoms with Gasteiger partial charge in [0, 0.05) is 22.9 Å². The summed E-state index contributed by atoms with van der Waals surface area (Å²) < 4.78 is 22.1. The van der Waals surface area contributed by atoms with E-state index in [0.717, 1.165) is 26.8 Å². The molecule has 0 radical (unpaired) electrons. The first kappa shape index (κ1) is 15.0. The molecule has 3 rings (SSSR count). The third-order valence-electron chi connectivity index (χ3n) is 3.22. The van der Waals surface area contributed by atoms with Crippen LogP contribution in [0.15, 0.2) is 39.2 Å². The number of furan rings is 1. The van der Waals surface area contributed by atoms with Gasteiger partial charge in [0.1, 0.15) is 11.3 Å². The average molecular weight is 374 g/mol. The summed E-state index contributed by atoms with van der Waals surface area (Å²) in [4.78, 5) is 17.6. The molecule has 0 unspecified atom stereocenters. The number of halogens is 1. The Hall–Kier alpha value is -0.950. The molecule has 2 N–H and O–H groups in total. The van der Waals surface area contributed by atoms with Crippen LogP contribution in [0.5, 0.6) is 0 Å². The largest absolute Gasteiger partial charge is 0.486 e. The smallest absolute Gasteiger partial charge is 0.456 e. The third-order valence-corrected chi connectivity index (χ3v) is 4.35. The Kier molecular flexibility index (Phi) is 4.05. The van der Waals surface area contributed by atoms with Crippen LogP contribution in [0.1, 0.15) is 12.2 Å². The number of fused-ring (bicyclic) bond motifs is 1. The van der Waals surface area contributed by atoms with Crippen LogP contribution >= 0.6 is 23.8 Å². The second-order valence-electron chi connectivity index (χ2n) is 4.70. The maximum absolute atomic E-state index is 10.8. The second kappa shape index (κ2) is 5.68. The van der Waals surface area contributed by atoms with Crippen molar-refractivity contribution in [3.63, 3.8) is 0 Å². The molecule has 1 aliphatic heterocycles. The zero-order valence-electron chi connectivity index (χ0n) is 10.9. The predicted octanol–water partition coefficient (Wildman–Crippen LogP) is 3.31. The van der Waals surface area contributed by atoms with E-state index in [1.165, 1.54) is 5.06 Å². The van der Waals surface area contributed by atoms with Gasteiger partial charge in [-0.05, 0) is 30.2 Å². The monoisotopic (exact) mass is 373 g/mol. The van der Waals surface area contributed by atoms with E-state index in [2.05, 4.69) is 20.6 Å². The fraction of sp³-hybridized carbons (Fsp3) is 0.231. The molecule has 0 saturated heterocycles. The minimum absolute atomic E-state index is 0.304. The Bertz CT molecular complexity index is 750. The van der Waals surface area contributed by atoms with Crippen molar-refractivity contribution in [2.75, 3.05) is 13.1 Å². The SMILES string of the molecule is O=P(O)(O)ON1CC=C(c2cc3c(Br)cccc3o2)CC1. The first-order valence-electron chi connectivity index (χ1n) is 6.30. The van der Waals surface area contributed by atoms with E-state index in [1.54, 1.807) is 0 Å². The van der Waals surface area contributed by atoms with Crippen molar-refractivity contribution in [3.05, 3.63) is 40.6 Å². The number of rotatable bonds is 3. The van der Waals surface area contributed by atoms with Crippen molar-refractivity contribution in [3.8, 4) is 0 Å². The molecule has 0 saturated carbocycles. The Balaban J connectivity index is 1.81. The number of hydrogen-bond acceptors (Lipinski definition) is 4. The molecule has 21 heavy (non-hydrogen) atoms. The van der Waals surface area contributed by atoms with Gasteiger partial charge >= 0.3 is 7.82 Å². The second-order valence-corrected chi connectivity index (χ2v) is 6.70. The maximum atomic E-state index is 10.8. The topological polar surface area (TPSA) is 83.1 Å². The summed E-state index contributed by atoms with van der Waals surface area (Å²) in [5.74, 6) is 0.771. The molecular formula is C13H13BrNO5P. The van der Waals surface area contributed by atoms with Crippen molar-refractivity contribution in [1.29, 1.82) is 0 Å². The van der Waals surface area contributed by atoms with Gasteiger partial charge in [-0.15, -0.1) is 0 Å². The van der Waals surface area contributed by atoms with Crippen LogP contribution in [-0.2, 0) is 9.19 Å². The summed E-state index contributed by atoms with van der Waals surface area (Å²) in [5, 5.41) is 2.25. The standard InChI is InChI=1S/C13H13BrNO5P/c14-11-2-1-3-12-10(11)8-13(19-12)9-4-6-15(7-5-9)20-21(16,17)18/h1-4,8H,5-7H2,(H2,16,17,18). The molecule has 1 aromatic carbocycles. The zero-order valence-corrected chi connectivity index (χ0v) is 13.4. The Labute approximate surface area is 129 Å². The van der Waals surface area contributed by atoms with Crippen molar-refractivity contribution >= 4 is 40.3 Å². The lowest BCUT2D eigenvalue weighted by atomic mass is 10.1. The van der Waals surface area contributed by atoms with E-state index in [0.29, 0.717) is 19.5 Å². The zero-order chi connectivity index (χ0) is 15.0. The summed E-state index contributed by atoms with van der Waals surface area (Å²) in [6, 6.07) is 7.72. The van der Waals surface area contributed by atoms with E-state index in [9.17, 15) is 4.57 Å². The molecule has 0 atom stereocenters. The highest BCUT2D eigenvalue weighted by molar-refractivity contribution is 9.10. The number of hydroxylamine groups is 2. The lowest BCUT2D eigenvalue weighted by Gasteiger charge is -2.24. The van der Waals surface area contributed by atoms with Gasteiger partial charge in [0.05, 0.1) is 0 Å². The molecule has 2 aromatic rings. The van der Waals surface area contributed by atoms with Crippen LogP contribution in [-0.4, -0.2) is 27.9 Å². The van der Waals surface area contributed by atoms with Gasteiger partial charge in [-0.1, -0.05) is 28.1 Å². The van der Waals surface area contributed by atoms with Crippen LogP contribution in [0.25, 0.3) is 16.5 Å². The highest BCUT2D eigenvalue weighted by Crippen LogP contribution is 2.39. The van der Waals surface area contributed by atoms with E-state index in [1.807, 2.05) is 30.3 Å². The summed E-state index contributed by atoms with van der Waals surface area (Å²) in [6.07, 6.45) is 2.45. The van der Waals surface area contributed by atoms with Gasteiger partial charge in [0.15, 0.2) is 0 Å². The number of benzene rings is 1. The van der Waals surface area contributed by atoms with Crippen LogP contribution in [0, 0.1) is 0 Å². The number of hydrogen-bond donors (Lipinski definition) is 2. The molecule has 8 heteroatoms. The Morgan fingerprint density at radius 2 is 2.19 bits per heavy atom. The molecule has 1 aliphatic rings. The fourth-order valence-corrected chi connectivity index (χ4v) is 3.19. The average Bonchev–Trinajstić information content (AvgIpc) is 2.83. The van der Waals surface area contributed by atoms with E-state index in [4.69, 9.17) is 14.2 Å². The Morgan fingerprint density at radius 1 is 1.38 bits per heavy atom. The first-order chi connectivity index (χ1) is 9.92. The van der Waals surface area contributed by atoms with Crippen molar-refractivity contribution < 1.29 is 23.4 Å². The molecular weight excluding hydrogens is 361 g/mol. The van der Waals surface area contributed by atoms with Gasteiger partial charge in [0.25, 0.3) is 0 Å². The quantitative estimate of drug-likeness (QED) is 0.803.